The molecule has 4 amide bonds. The van der Waals surface area contributed by atoms with Crippen LogP contribution >= 0.6 is 0 Å². The lowest BCUT2D eigenvalue weighted by Gasteiger charge is -2.34. The molecule has 4 rings (SSSR count). The Morgan fingerprint density at radius 1 is 0.964 bits per heavy atom. The number of carbonyl (C=O) groups excluding carboxylic acids is 2. The van der Waals surface area contributed by atoms with Crippen LogP contribution in [0.15, 0.2) is 54.6 Å². The number of piperazine rings is 1. The molecule has 2 aromatic carbocycles. The van der Waals surface area contributed by atoms with Gasteiger partial charge in [0.25, 0.3) is 0 Å². The Labute approximate surface area is 164 Å². The summed E-state index contributed by atoms with van der Waals surface area (Å²) in [6.07, 6.45) is 0. The predicted molar refractivity (Wildman–Crippen MR) is 109 cm³/mol. The fourth-order valence-corrected chi connectivity index (χ4v) is 3.62. The molecule has 0 unspecified atom stereocenters. The summed E-state index contributed by atoms with van der Waals surface area (Å²) < 4.78 is 0. The Bertz CT molecular complexity index is 834. The van der Waals surface area contributed by atoms with E-state index in [4.69, 9.17) is 0 Å². The molecule has 7 nitrogen and oxygen atoms in total. The van der Waals surface area contributed by atoms with E-state index in [1.165, 1.54) is 5.56 Å². The number of rotatable bonds is 4. The summed E-state index contributed by atoms with van der Waals surface area (Å²) in [7, 11) is 0. The maximum Gasteiger partial charge on any atom is 0.321 e. The number of hydrogen-bond acceptors (Lipinski definition) is 3. The van der Waals surface area contributed by atoms with Gasteiger partial charge in [0.1, 0.15) is 0 Å². The normalized spacial score (nSPS) is 17.5. The van der Waals surface area contributed by atoms with Crippen LogP contribution in [0, 0.1) is 0 Å². The molecule has 146 valence electrons. The number of benzene rings is 2. The van der Waals surface area contributed by atoms with Gasteiger partial charge in [0, 0.05) is 57.2 Å². The van der Waals surface area contributed by atoms with E-state index in [-0.39, 0.29) is 12.1 Å². The highest BCUT2D eigenvalue weighted by Gasteiger charge is 2.23. The standard InChI is InChI=1S/C21H25N5O2/c27-20-22-9-10-26(20)19-8-4-7-18(15-19)23-21(28)25-13-11-24(12-14-25)16-17-5-2-1-3-6-17/h1-8,15H,9-14,16H2,(H,22,27)(H,23,28). The Hall–Kier alpha value is -3.06. The van der Waals surface area contributed by atoms with Crippen molar-refractivity contribution >= 4 is 23.4 Å². The van der Waals surface area contributed by atoms with E-state index in [9.17, 15) is 9.59 Å². The van der Waals surface area contributed by atoms with E-state index >= 15 is 0 Å². The van der Waals surface area contributed by atoms with Crippen LogP contribution in [0.3, 0.4) is 0 Å². The molecule has 0 bridgehead atoms. The van der Waals surface area contributed by atoms with Gasteiger partial charge in [0.05, 0.1) is 0 Å². The van der Waals surface area contributed by atoms with Crippen molar-refractivity contribution in [2.75, 3.05) is 49.5 Å². The van der Waals surface area contributed by atoms with Gasteiger partial charge in [-0.2, -0.15) is 0 Å². The summed E-state index contributed by atoms with van der Waals surface area (Å²) in [6.45, 7) is 5.31. The number of urea groups is 2. The second kappa shape index (κ2) is 8.31. The summed E-state index contributed by atoms with van der Waals surface area (Å²) in [5.41, 5.74) is 2.79. The Balaban J connectivity index is 1.30. The lowest BCUT2D eigenvalue weighted by atomic mass is 10.2. The zero-order chi connectivity index (χ0) is 19.3. The van der Waals surface area contributed by atoms with Crippen LogP contribution in [0.25, 0.3) is 0 Å². The molecular formula is C21H25N5O2. The third-order valence-corrected chi connectivity index (χ3v) is 5.17. The van der Waals surface area contributed by atoms with Gasteiger partial charge in [-0.25, -0.2) is 9.59 Å². The van der Waals surface area contributed by atoms with Gasteiger partial charge < -0.3 is 15.5 Å². The SMILES string of the molecule is O=C(Nc1cccc(N2CCNC2=O)c1)N1CCN(Cc2ccccc2)CC1. The van der Waals surface area contributed by atoms with E-state index in [0.717, 1.165) is 25.3 Å². The summed E-state index contributed by atoms with van der Waals surface area (Å²) in [4.78, 5) is 30.4. The van der Waals surface area contributed by atoms with E-state index in [2.05, 4.69) is 39.8 Å². The smallest absolute Gasteiger partial charge is 0.321 e. The van der Waals surface area contributed by atoms with Crippen molar-refractivity contribution < 1.29 is 9.59 Å². The molecule has 2 aliphatic rings. The summed E-state index contributed by atoms with van der Waals surface area (Å²) in [6, 6.07) is 17.6. The lowest BCUT2D eigenvalue weighted by Crippen LogP contribution is -2.49. The van der Waals surface area contributed by atoms with Crippen molar-refractivity contribution in [1.82, 2.24) is 15.1 Å². The van der Waals surface area contributed by atoms with Crippen LogP contribution in [-0.2, 0) is 6.54 Å². The zero-order valence-electron chi connectivity index (χ0n) is 15.8. The Morgan fingerprint density at radius 2 is 1.75 bits per heavy atom. The highest BCUT2D eigenvalue weighted by Crippen LogP contribution is 2.21. The fourth-order valence-electron chi connectivity index (χ4n) is 3.62. The first-order valence-corrected chi connectivity index (χ1v) is 9.67. The van der Waals surface area contributed by atoms with Gasteiger partial charge in [-0.1, -0.05) is 36.4 Å². The quantitative estimate of drug-likeness (QED) is 0.858. The van der Waals surface area contributed by atoms with Gasteiger partial charge in [0.2, 0.25) is 0 Å². The molecule has 0 radical (unpaired) electrons. The van der Waals surface area contributed by atoms with Crippen molar-refractivity contribution in [3.63, 3.8) is 0 Å². The molecule has 2 heterocycles. The first-order chi connectivity index (χ1) is 13.7. The van der Waals surface area contributed by atoms with Crippen molar-refractivity contribution in [2.45, 2.75) is 6.54 Å². The monoisotopic (exact) mass is 379 g/mol. The zero-order valence-corrected chi connectivity index (χ0v) is 15.8. The van der Waals surface area contributed by atoms with Crippen LogP contribution < -0.4 is 15.5 Å². The minimum Gasteiger partial charge on any atom is -0.336 e. The maximum atomic E-state index is 12.6. The van der Waals surface area contributed by atoms with Crippen LogP contribution in [-0.4, -0.2) is 61.1 Å². The van der Waals surface area contributed by atoms with E-state index in [1.54, 1.807) is 4.90 Å². The molecule has 2 aromatic rings. The molecule has 7 heteroatoms. The summed E-state index contributed by atoms with van der Waals surface area (Å²) >= 11 is 0. The predicted octanol–water partition coefficient (Wildman–Crippen LogP) is 2.57. The second-order valence-electron chi connectivity index (χ2n) is 7.11. The maximum absolute atomic E-state index is 12.6. The first-order valence-electron chi connectivity index (χ1n) is 9.67. The molecule has 0 aromatic heterocycles. The van der Waals surface area contributed by atoms with Crippen LogP contribution in [0.5, 0.6) is 0 Å². The fraction of sp³-hybridized carbons (Fsp3) is 0.333. The molecular weight excluding hydrogens is 354 g/mol. The average Bonchev–Trinajstić information content (AvgIpc) is 3.15. The minimum absolute atomic E-state index is 0.0950. The third kappa shape index (κ3) is 4.26. The number of carbonyl (C=O) groups is 2. The average molecular weight is 379 g/mol. The molecule has 0 aliphatic carbocycles. The highest BCUT2D eigenvalue weighted by molar-refractivity contribution is 5.95. The number of nitrogens with zero attached hydrogens (tertiary/aromatic N) is 3. The summed E-state index contributed by atoms with van der Waals surface area (Å²) in [5, 5.41) is 5.75. The molecule has 2 fully saturated rings. The number of hydrogen-bond donors (Lipinski definition) is 2. The third-order valence-electron chi connectivity index (χ3n) is 5.17. The van der Waals surface area contributed by atoms with Crippen molar-refractivity contribution in [3.05, 3.63) is 60.2 Å². The van der Waals surface area contributed by atoms with Gasteiger partial charge in [0.15, 0.2) is 0 Å². The van der Waals surface area contributed by atoms with Crippen molar-refractivity contribution in [1.29, 1.82) is 0 Å². The van der Waals surface area contributed by atoms with Crippen molar-refractivity contribution in [2.24, 2.45) is 0 Å². The molecule has 0 saturated carbocycles. The largest absolute Gasteiger partial charge is 0.336 e. The number of nitrogens with one attached hydrogen (secondary N) is 2. The molecule has 2 N–H and O–H groups in total. The lowest BCUT2D eigenvalue weighted by molar-refractivity contribution is 0.143. The van der Waals surface area contributed by atoms with Crippen LogP contribution in [0.2, 0.25) is 0 Å². The first kappa shape index (κ1) is 18.3. The molecule has 0 spiro atoms. The molecule has 2 aliphatic heterocycles. The Kier molecular flexibility index (Phi) is 5.43. The van der Waals surface area contributed by atoms with E-state index in [1.807, 2.05) is 35.2 Å². The van der Waals surface area contributed by atoms with Gasteiger partial charge in [-0.05, 0) is 23.8 Å². The number of amides is 4. The summed E-state index contributed by atoms with van der Waals surface area (Å²) in [5.74, 6) is 0. The van der Waals surface area contributed by atoms with Gasteiger partial charge in [-0.15, -0.1) is 0 Å². The van der Waals surface area contributed by atoms with E-state index < -0.39 is 0 Å². The molecule has 28 heavy (non-hydrogen) atoms. The second-order valence-corrected chi connectivity index (χ2v) is 7.11. The van der Waals surface area contributed by atoms with Gasteiger partial charge >= 0.3 is 12.1 Å². The van der Waals surface area contributed by atoms with Gasteiger partial charge in [-0.3, -0.25) is 9.80 Å². The van der Waals surface area contributed by atoms with Crippen LogP contribution in [0.1, 0.15) is 5.56 Å². The van der Waals surface area contributed by atoms with E-state index in [0.29, 0.717) is 31.9 Å². The Morgan fingerprint density at radius 3 is 2.46 bits per heavy atom. The minimum atomic E-state index is -0.0991. The molecule has 0 atom stereocenters. The highest BCUT2D eigenvalue weighted by atomic mass is 16.2. The van der Waals surface area contributed by atoms with Crippen LogP contribution in [0.4, 0.5) is 21.0 Å². The molecule has 2 saturated heterocycles. The number of anilines is 2. The van der Waals surface area contributed by atoms with Crippen molar-refractivity contribution in [3.8, 4) is 0 Å². The topological polar surface area (TPSA) is 67.9 Å².